The summed E-state index contributed by atoms with van der Waals surface area (Å²) in [5.41, 5.74) is 2.32. The van der Waals surface area contributed by atoms with Gasteiger partial charge in [0, 0.05) is 36.0 Å². The van der Waals surface area contributed by atoms with Gasteiger partial charge in [0.15, 0.2) is 0 Å². The van der Waals surface area contributed by atoms with Crippen LogP contribution in [0, 0.1) is 11.8 Å². The molecule has 1 amide bonds. The average molecular weight is 510 g/mol. The highest BCUT2D eigenvalue weighted by Gasteiger charge is 2.50. The number of piperidine rings is 1. The number of methoxy groups -OCH3 is 1. The van der Waals surface area contributed by atoms with Gasteiger partial charge in [0.2, 0.25) is 5.91 Å². The number of aryl methyl sites for hydroxylation is 1. The summed E-state index contributed by atoms with van der Waals surface area (Å²) in [6, 6.07) is 11.3. The predicted octanol–water partition coefficient (Wildman–Crippen LogP) is 5.94. The molecule has 4 unspecified atom stereocenters. The zero-order valence-corrected chi connectivity index (χ0v) is 23.1. The smallest absolute Gasteiger partial charge is 0.273 e. The van der Waals surface area contributed by atoms with Crippen molar-refractivity contribution in [2.45, 2.75) is 89.0 Å². The van der Waals surface area contributed by atoms with Gasteiger partial charge < -0.3 is 15.0 Å². The second kappa shape index (κ2) is 11.2. The molecule has 36 heavy (non-hydrogen) atoms. The molecule has 1 aliphatic carbocycles. The lowest BCUT2D eigenvalue weighted by molar-refractivity contribution is -0.142. The highest BCUT2D eigenvalue weighted by Crippen LogP contribution is 2.46. The predicted molar refractivity (Wildman–Crippen MR) is 147 cm³/mol. The fraction of sp³-hybridized carbons (Fsp3) is 0.667. The number of likely N-dealkylation sites (tertiary alicyclic amines) is 1. The molecular weight excluding hydrogens is 466 g/mol. The molecule has 5 rings (SSSR count). The Balaban J connectivity index is 1.43. The number of rotatable bonds is 7. The van der Waals surface area contributed by atoms with Crippen LogP contribution in [0.1, 0.15) is 87.3 Å². The van der Waals surface area contributed by atoms with Crippen LogP contribution in [0.4, 0.5) is 0 Å². The topological polar surface area (TPSA) is 54.5 Å². The SMILES string of the molecule is CCCc1nc(OC)sc1C1(C)CNCC1C(=O)N1CCC(c2ccccc2)CC1C1CCCCC1. The number of hydrogen-bond acceptors (Lipinski definition) is 5. The first-order chi connectivity index (χ1) is 17.5. The van der Waals surface area contributed by atoms with E-state index in [0.717, 1.165) is 56.2 Å². The second-order valence-corrected chi connectivity index (χ2v) is 12.4. The van der Waals surface area contributed by atoms with E-state index >= 15 is 0 Å². The van der Waals surface area contributed by atoms with Crippen LogP contribution in [0.5, 0.6) is 5.19 Å². The van der Waals surface area contributed by atoms with Crippen molar-refractivity contribution in [2.75, 3.05) is 26.7 Å². The fourth-order valence-corrected chi connectivity index (χ4v) is 8.28. The lowest BCUT2D eigenvalue weighted by atomic mass is 9.73. The van der Waals surface area contributed by atoms with Gasteiger partial charge in [0.1, 0.15) is 0 Å². The minimum atomic E-state index is -0.247. The van der Waals surface area contributed by atoms with Crippen LogP contribution in [-0.2, 0) is 16.6 Å². The molecule has 2 aromatic rings. The third-order valence-corrected chi connectivity index (χ3v) is 10.5. The molecule has 0 radical (unpaired) electrons. The molecule has 1 saturated carbocycles. The Morgan fingerprint density at radius 2 is 1.97 bits per heavy atom. The van der Waals surface area contributed by atoms with Gasteiger partial charge in [-0.2, -0.15) is 0 Å². The number of aromatic nitrogens is 1. The number of hydrogen-bond donors (Lipinski definition) is 1. The monoisotopic (exact) mass is 509 g/mol. The quantitative estimate of drug-likeness (QED) is 0.502. The van der Waals surface area contributed by atoms with E-state index in [0.29, 0.717) is 23.8 Å². The lowest BCUT2D eigenvalue weighted by Gasteiger charge is -2.46. The Bertz CT molecular complexity index is 1020. The molecule has 0 bridgehead atoms. The van der Waals surface area contributed by atoms with Crippen molar-refractivity contribution < 1.29 is 9.53 Å². The van der Waals surface area contributed by atoms with E-state index in [2.05, 4.69) is 54.4 Å². The Labute approximate surface area is 221 Å². The first kappa shape index (κ1) is 25.7. The van der Waals surface area contributed by atoms with Gasteiger partial charge in [-0.25, -0.2) is 4.98 Å². The minimum Gasteiger partial charge on any atom is -0.473 e. The molecule has 1 aromatic carbocycles. The molecule has 1 aromatic heterocycles. The molecule has 4 atom stereocenters. The van der Waals surface area contributed by atoms with E-state index in [1.54, 1.807) is 18.4 Å². The number of carbonyl (C=O) groups is 1. The molecule has 5 nitrogen and oxygen atoms in total. The third kappa shape index (κ3) is 4.96. The van der Waals surface area contributed by atoms with Crippen molar-refractivity contribution in [3.05, 3.63) is 46.5 Å². The van der Waals surface area contributed by atoms with Crippen molar-refractivity contribution in [2.24, 2.45) is 11.8 Å². The second-order valence-electron chi connectivity index (χ2n) is 11.4. The van der Waals surface area contributed by atoms with E-state index < -0.39 is 0 Å². The standard InChI is InChI=1S/C30H43N3O2S/c1-4-11-25-27(36-29(32-25)35-3)30(2)20-31-19-24(30)28(34)33-17-16-23(21-12-7-5-8-13-21)18-26(33)22-14-9-6-10-15-22/h5,7-8,12-13,22-24,26,31H,4,6,9-11,14-20H2,1-3H3. The Morgan fingerprint density at radius 3 is 2.69 bits per heavy atom. The van der Waals surface area contributed by atoms with Gasteiger partial charge in [-0.3, -0.25) is 4.79 Å². The van der Waals surface area contributed by atoms with Gasteiger partial charge in [-0.05, 0) is 49.5 Å². The van der Waals surface area contributed by atoms with E-state index in [1.807, 2.05) is 0 Å². The third-order valence-electron chi connectivity index (χ3n) is 9.16. The summed E-state index contributed by atoms with van der Waals surface area (Å²) in [6.45, 7) is 6.92. The normalized spacial score (nSPS) is 29.4. The largest absolute Gasteiger partial charge is 0.473 e. The summed E-state index contributed by atoms with van der Waals surface area (Å²) in [5, 5.41) is 4.32. The molecular formula is C30H43N3O2S. The summed E-state index contributed by atoms with van der Waals surface area (Å²) in [6.07, 6.45) is 10.6. The van der Waals surface area contributed by atoms with E-state index in [9.17, 15) is 4.79 Å². The van der Waals surface area contributed by atoms with Crippen LogP contribution in [0.15, 0.2) is 30.3 Å². The summed E-state index contributed by atoms with van der Waals surface area (Å²) in [5.74, 6) is 1.49. The number of benzene rings is 1. The Morgan fingerprint density at radius 1 is 1.19 bits per heavy atom. The molecule has 6 heteroatoms. The number of amides is 1. The van der Waals surface area contributed by atoms with Gasteiger partial charge in [-0.1, -0.05) is 81.2 Å². The Kier molecular flexibility index (Phi) is 8.02. The molecule has 1 N–H and O–H groups in total. The number of nitrogens with one attached hydrogen (secondary N) is 1. The van der Waals surface area contributed by atoms with Crippen molar-refractivity contribution in [1.82, 2.24) is 15.2 Å². The van der Waals surface area contributed by atoms with E-state index in [1.165, 1.54) is 42.5 Å². The first-order valence-corrected chi connectivity index (χ1v) is 15.0. The first-order valence-electron chi connectivity index (χ1n) is 14.2. The van der Waals surface area contributed by atoms with Crippen molar-refractivity contribution in [3.8, 4) is 5.19 Å². The summed E-state index contributed by atoms with van der Waals surface area (Å²) >= 11 is 1.65. The number of ether oxygens (including phenoxy) is 1. The van der Waals surface area contributed by atoms with Crippen LogP contribution in [-0.4, -0.2) is 48.6 Å². The molecule has 3 heterocycles. The van der Waals surface area contributed by atoms with Crippen molar-refractivity contribution >= 4 is 17.2 Å². The van der Waals surface area contributed by atoms with Gasteiger partial charge >= 0.3 is 0 Å². The zero-order chi connectivity index (χ0) is 25.1. The Hall–Kier alpha value is -1.92. The van der Waals surface area contributed by atoms with Crippen LogP contribution in [0.3, 0.4) is 0 Å². The summed E-state index contributed by atoms with van der Waals surface area (Å²) in [4.78, 5) is 22.8. The molecule has 2 saturated heterocycles. The van der Waals surface area contributed by atoms with Gasteiger partial charge in [-0.15, -0.1) is 0 Å². The van der Waals surface area contributed by atoms with Crippen molar-refractivity contribution in [3.63, 3.8) is 0 Å². The fourth-order valence-electron chi connectivity index (χ4n) is 7.16. The van der Waals surface area contributed by atoms with Gasteiger partial charge in [0.25, 0.3) is 5.19 Å². The van der Waals surface area contributed by atoms with Crippen molar-refractivity contribution in [1.29, 1.82) is 0 Å². The van der Waals surface area contributed by atoms with Crippen LogP contribution < -0.4 is 10.1 Å². The van der Waals surface area contributed by atoms with E-state index in [4.69, 9.17) is 9.72 Å². The number of carbonyl (C=O) groups excluding carboxylic acids is 1. The van der Waals surface area contributed by atoms with Crippen LogP contribution in [0.25, 0.3) is 0 Å². The molecule has 3 aliphatic rings. The zero-order valence-electron chi connectivity index (χ0n) is 22.3. The number of thiazole rings is 1. The molecule has 3 fully saturated rings. The molecule has 196 valence electrons. The summed E-state index contributed by atoms with van der Waals surface area (Å²) in [7, 11) is 1.70. The summed E-state index contributed by atoms with van der Waals surface area (Å²) < 4.78 is 5.54. The highest BCUT2D eigenvalue weighted by molar-refractivity contribution is 7.13. The maximum atomic E-state index is 14.5. The highest BCUT2D eigenvalue weighted by atomic mass is 32.1. The molecule has 0 spiro atoms. The maximum absolute atomic E-state index is 14.5. The van der Waals surface area contributed by atoms with Gasteiger partial charge in [0.05, 0.1) is 18.7 Å². The van der Waals surface area contributed by atoms with E-state index in [-0.39, 0.29) is 11.3 Å². The molecule has 2 aliphatic heterocycles. The maximum Gasteiger partial charge on any atom is 0.273 e. The van der Waals surface area contributed by atoms with Crippen LogP contribution >= 0.6 is 11.3 Å². The minimum absolute atomic E-state index is 0.0578. The lowest BCUT2D eigenvalue weighted by Crippen LogP contribution is -2.54. The number of nitrogens with zero attached hydrogens (tertiary/aromatic N) is 2. The average Bonchev–Trinajstić information content (AvgIpc) is 3.53. The van der Waals surface area contributed by atoms with Crippen LogP contribution in [0.2, 0.25) is 0 Å².